The molecule has 4 heteroatoms. The second-order valence-electron chi connectivity index (χ2n) is 4.11. The highest BCUT2D eigenvalue weighted by Gasteiger charge is 2.10. The summed E-state index contributed by atoms with van der Waals surface area (Å²) >= 11 is 0. The number of ether oxygens (including phenoxy) is 1. The van der Waals surface area contributed by atoms with Gasteiger partial charge in [-0.05, 0) is 23.8 Å². The lowest BCUT2D eigenvalue weighted by atomic mass is 10.0. The minimum absolute atomic E-state index is 0.0507. The summed E-state index contributed by atoms with van der Waals surface area (Å²) in [6.45, 7) is 0. The van der Waals surface area contributed by atoms with Crippen molar-refractivity contribution in [2.45, 2.75) is 6.42 Å². The molecule has 0 aliphatic rings. The predicted octanol–water partition coefficient (Wildman–Crippen LogP) is 2.56. The molecule has 0 aliphatic heterocycles. The molecule has 4 nitrogen and oxygen atoms in total. The third kappa shape index (κ3) is 3.10. The van der Waals surface area contributed by atoms with Crippen LogP contribution >= 0.6 is 0 Å². The zero-order valence-corrected chi connectivity index (χ0v) is 11.0. The summed E-state index contributed by atoms with van der Waals surface area (Å²) in [7, 11) is 3.45. The average Bonchev–Trinajstić information content (AvgIpc) is 2.48. The molecule has 0 radical (unpaired) electrons. The lowest BCUT2D eigenvalue weighted by Crippen LogP contribution is -2.06. The number of aromatic nitrogens is 1. The molecule has 19 heavy (non-hydrogen) atoms. The van der Waals surface area contributed by atoms with Gasteiger partial charge in [0.05, 0.1) is 7.11 Å². The van der Waals surface area contributed by atoms with Crippen molar-refractivity contribution < 1.29 is 9.53 Å². The molecule has 1 heterocycles. The van der Waals surface area contributed by atoms with Gasteiger partial charge in [-0.1, -0.05) is 6.07 Å². The summed E-state index contributed by atoms with van der Waals surface area (Å²) in [5.41, 5.74) is 2.47. The van der Waals surface area contributed by atoms with Gasteiger partial charge in [-0.3, -0.25) is 9.78 Å². The van der Waals surface area contributed by atoms with Crippen LogP contribution in [-0.4, -0.2) is 24.9 Å². The van der Waals surface area contributed by atoms with Crippen LogP contribution in [0.5, 0.6) is 5.75 Å². The van der Waals surface area contributed by atoms with E-state index >= 15 is 0 Å². The van der Waals surface area contributed by atoms with Gasteiger partial charge in [0.1, 0.15) is 5.75 Å². The van der Waals surface area contributed by atoms with Crippen LogP contribution in [-0.2, 0) is 6.42 Å². The summed E-state index contributed by atoms with van der Waals surface area (Å²) in [5, 5.41) is 3.08. The molecule has 0 aliphatic carbocycles. The predicted molar refractivity (Wildman–Crippen MR) is 74.8 cm³/mol. The van der Waals surface area contributed by atoms with Crippen LogP contribution in [0.3, 0.4) is 0 Å². The monoisotopic (exact) mass is 256 g/mol. The van der Waals surface area contributed by atoms with Gasteiger partial charge in [-0.15, -0.1) is 0 Å². The first-order chi connectivity index (χ1) is 9.24. The molecule has 2 rings (SSSR count). The first-order valence-electron chi connectivity index (χ1n) is 6.02. The van der Waals surface area contributed by atoms with E-state index in [2.05, 4.69) is 10.3 Å². The smallest absolute Gasteiger partial charge is 0.168 e. The van der Waals surface area contributed by atoms with Gasteiger partial charge in [0.15, 0.2) is 5.78 Å². The van der Waals surface area contributed by atoms with E-state index < -0.39 is 0 Å². The molecule has 98 valence electrons. The van der Waals surface area contributed by atoms with Crippen LogP contribution < -0.4 is 10.1 Å². The van der Waals surface area contributed by atoms with E-state index in [1.165, 1.54) is 0 Å². The highest BCUT2D eigenvalue weighted by molar-refractivity contribution is 5.97. The first-order valence-corrected chi connectivity index (χ1v) is 6.02. The maximum absolute atomic E-state index is 12.1. The van der Waals surface area contributed by atoms with E-state index in [4.69, 9.17) is 4.74 Å². The quantitative estimate of drug-likeness (QED) is 0.835. The Morgan fingerprint density at radius 1 is 1.37 bits per heavy atom. The molecular formula is C15H16N2O2. The lowest BCUT2D eigenvalue weighted by molar-refractivity contribution is 0.0992. The average molecular weight is 256 g/mol. The van der Waals surface area contributed by atoms with Crippen LogP contribution in [0.15, 0.2) is 42.7 Å². The van der Waals surface area contributed by atoms with Crippen molar-refractivity contribution in [2.75, 3.05) is 19.5 Å². The van der Waals surface area contributed by atoms with Crippen LogP contribution in [0.25, 0.3) is 0 Å². The highest BCUT2D eigenvalue weighted by Crippen LogP contribution is 2.23. The highest BCUT2D eigenvalue weighted by atomic mass is 16.5. The summed E-state index contributed by atoms with van der Waals surface area (Å²) in [6.07, 6.45) is 3.58. The number of ketones is 1. The largest absolute Gasteiger partial charge is 0.497 e. The first kappa shape index (κ1) is 13.1. The van der Waals surface area contributed by atoms with E-state index in [9.17, 15) is 4.79 Å². The Morgan fingerprint density at radius 2 is 2.21 bits per heavy atom. The van der Waals surface area contributed by atoms with Gasteiger partial charge >= 0.3 is 0 Å². The van der Waals surface area contributed by atoms with Crippen molar-refractivity contribution in [1.82, 2.24) is 4.98 Å². The van der Waals surface area contributed by atoms with Gasteiger partial charge < -0.3 is 10.1 Å². The summed E-state index contributed by atoms with van der Waals surface area (Å²) in [5.74, 6) is 0.816. The minimum Gasteiger partial charge on any atom is -0.497 e. The van der Waals surface area contributed by atoms with E-state index in [1.807, 2.05) is 25.2 Å². The number of anilines is 1. The molecule has 2 aromatic rings. The molecule has 0 atom stereocenters. The Labute approximate surface area is 112 Å². The van der Waals surface area contributed by atoms with Crippen LogP contribution in [0.2, 0.25) is 0 Å². The van der Waals surface area contributed by atoms with E-state index in [-0.39, 0.29) is 5.78 Å². The fourth-order valence-electron chi connectivity index (χ4n) is 1.87. The second-order valence-corrected chi connectivity index (χ2v) is 4.11. The zero-order chi connectivity index (χ0) is 13.7. The Balaban J connectivity index is 2.21. The van der Waals surface area contributed by atoms with Crippen molar-refractivity contribution in [3.63, 3.8) is 0 Å². The Kier molecular flexibility index (Phi) is 4.13. The Morgan fingerprint density at radius 3 is 2.84 bits per heavy atom. The molecule has 0 unspecified atom stereocenters. The molecule has 1 aromatic carbocycles. The van der Waals surface area contributed by atoms with Crippen molar-refractivity contribution in [3.05, 3.63) is 53.9 Å². The number of carbonyl (C=O) groups excluding carboxylic acids is 1. The van der Waals surface area contributed by atoms with Crippen molar-refractivity contribution in [1.29, 1.82) is 0 Å². The zero-order valence-electron chi connectivity index (χ0n) is 11.0. The molecular weight excluding hydrogens is 240 g/mol. The maximum Gasteiger partial charge on any atom is 0.168 e. The number of carbonyl (C=O) groups is 1. The van der Waals surface area contributed by atoms with Crippen molar-refractivity contribution in [3.8, 4) is 5.75 Å². The van der Waals surface area contributed by atoms with Crippen LogP contribution in [0.4, 0.5) is 5.69 Å². The molecule has 0 saturated heterocycles. The maximum atomic E-state index is 12.1. The molecule has 0 saturated carbocycles. The van der Waals surface area contributed by atoms with Gasteiger partial charge in [-0.2, -0.15) is 0 Å². The summed E-state index contributed by atoms with van der Waals surface area (Å²) < 4.78 is 5.17. The topological polar surface area (TPSA) is 51.2 Å². The SMILES string of the molecule is CNc1cc(OC)ccc1CC(=O)c1cccnc1. The third-order valence-electron chi connectivity index (χ3n) is 2.92. The third-order valence-corrected chi connectivity index (χ3v) is 2.92. The minimum atomic E-state index is 0.0507. The number of methoxy groups -OCH3 is 1. The molecule has 0 amide bonds. The molecule has 1 aromatic heterocycles. The van der Waals surface area contributed by atoms with E-state index in [0.29, 0.717) is 12.0 Å². The number of hydrogen-bond acceptors (Lipinski definition) is 4. The molecule has 1 N–H and O–H groups in total. The normalized spacial score (nSPS) is 10.0. The van der Waals surface area contributed by atoms with Crippen LogP contribution in [0.1, 0.15) is 15.9 Å². The number of Topliss-reactive ketones (excluding diaryl/α,β-unsaturated/α-hetero) is 1. The number of pyridine rings is 1. The number of nitrogens with one attached hydrogen (secondary N) is 1. The fourth-order valence-corrected chi connectivity index (χ4v) is 1.87. The summed E-state index contributed by atoms with van der Waals surface area (Å²) in [4.78, 5) is 16.1. The summed E-state index contributed by atoms with van der Waals surface area (Å²) in [6, 6.07) is 9.18. The van der Waals surface area contributed by atoms with Crippen molar-refractivity contribution >= 4 is 11.5 Å². The molecule has 0 fully saturated rings. The van der Waals surface area contributed by atoms with Gasteiger partial charge in [0, 0.05) is 43.2 Å². The second kappa shape index (κ2) is 6.00. The van der Waals surface area contributed by atoms with Crippen LogP contribution in [0, 0.1) is 0 Å². The Bertz CT molecular complexity index is 568. The van der Waals surface area contributed by atoms with Gasteiger partial charge in [0.2, 0.25) is 0 Å². The van der Waals surface area contributed by atoms with Gasteiger partial charge in [-0.25, -0.2) is 0 Å². The fraction of sp³-hybridized carbons (Fsp3) is 0.200. The molecule has 0 spiro atoms. The standard InChI is InChI=1S/C15H16N2O2/c1-16-14-9-13(19-2)6-5-11(14)8-15(18)12-4-3-7-17-10-12/h3-7,9-10,16H,8H2,1-2H3. The number of nitrogens with zero attached hydrogens (tertiary/aromatic N) is 1. The van der Waals surface area contributed by atoms with Gasteiger partial charge in [0.25, 0.3) is 0 Å². The van der Waals surface area contributed by atoms with E-state index in [0.717, 1.165) is 17.0 Å². The number of hydrogen-bond donors (Lipinski definition) is 1. The molecule has 0 bridgehead atoms. The number of rotatable bonds is 5. The lowest BCUT2D eigenvalue weighted by Gasteiger charge is -2.10. The van der Waals surface area contributed by atoms with Crippen molar-refractivity contribution in [2.24, 2.45) is 0 Å². The Hall–Kier alpha value is -2.36. The number of benzene rings is 1. The van der Waals surface area contributed by atoms with E-state index in [1.54, 1.807) is 31.6 Å².